The molecule has 0 radical (unpaired) electrons. The number of carbonyl (C=O) groups excluding carboxylic acids is 6. The van der Waals surface area contributed by atoms with Gasteiger partial charge in [0.05, 0.1) is 13.0 Å². The fourth-order valence-corrected chi connectivity index (χ4v) is 6.30. The highest BCUT2D eigenvalue weighted by atomic mass is 33.1. The molecule has 4 atom stereocenters. The lowest BCUT2D eigenvalue weighted by atomic mass is 10.0. The van der Waals surface area contributed by atoms with Crippen molar-refractivity contribution >= 4 is 69.0 Å². The van der Waals surface area contributed by atoms with E-state index in [1.54, 1.807) is 13.8 Å². The van der Waals surface area contributed by atoms with Gasteiger partial charge in [-0.05, 0) is 26.7 Å². The van der Waals surface area contributed by atoms with Crippen molar-refractivity contribution < 1.29 is 38.7 Å². The molecule has 19 heteroatoms. The third-order valence-corrected chi connectivity index (χ3v) is 8.81. The van der Waals surface area contributed by atoms with E-state index in [0.29, 0.717) is 0 Å². The van der Waals surface area contributed by atoms with Crippen LogP contribution in [-0.2, 0) is 33.6 Å². The summed E-state index contributed by atoms with van der Waals surface area (Å²) in [6.45, 7) is 3.98. The van der Waals surface area contributed by atoms with Crippen LogP contribution in [0.4, 0.5) is 0 Å². The number of nitrogens with zero attached hydrogens (tertiary/aromatic N) is 1. The molecule has 0 aliphatic carbocycles. The van der Waals surface area contributed by atoms with E-state index in [0.717, 1.165) is 21.6 Å². The van der Waals surface area contributed by atoms with Gasteiger partial charge >= 0.3 is 5.97 Å². The number of nitrogens with one attached hydrogen (secondary N) is 5. The van der Waals surface area contributed by atoms with Crippen LogP contribution in [-0.4, -0.2) is 100 Å². The number of carbonyl (C=O) groups is 7. The van der Waals surface area contributed by atoms with Gasteiger partial charge in [0.25, 0.3) is 0 Å². The predicted octanol–water partition coefficient (Wildman–Crippen LogP) is -3.75. The van der Waals surface area contributed by atoms with Crippen molar-refractivity contribution in [1.82, 2.24) is 26.6 Å². The Labute approximate surface area is 244 Å². The van der Waals surface area contributed by atoms with Crippen LogP contribution in [0.5, 0.6) is 0 Å². The molecular weight excluding hydrogens is 582 g/mol. The molecule has 1 aliphatic rings. The summed E-state index contributed by atoms with van der Waals surface area (Å²) in [5.74, 6) is -6.46. The summed E-state index contributed by atoms with van der Waals surface area (Å²) in [7, 11) is 2.16. The minimum atomic E-state index is -1.58. The number of amides is 6. The van der Waals surface area contributed by atoms with Gasteiger partial charge in [-0.15, -0.1) is 0 Å². The van der Waals surface area contributed by atoms with Gasteiger partial charge in [-0.1, -0.05) is 21.6 Å². The Morgan fingerprint density at radius 1 is 1.02 bits per heavy atom. The van der Waals surface area contributed by atoms with Gasteiger partial charge in [-0.3, -0.25) is 38.6 Å². The number of carboxylic acids is 1. The largest absolute Gasteiger partial charge is 0.481 e. The van der Waals surface area contributed by atoms with Crippen LogP contribution in [0, 0.1) is 0 Å². The Morgan fingerprint density at radius 2 is 1.68 bits per heavy atom. The number of guanidine groups is 1. The Balaban J connectivity index is 3.39. The quantitative estimate of drug-likeness (QED) is 0.0548. The molecule has 6 amide bonds. The van der Waals surface area contributed by atoms with E-state index in [4.69, 9.17) is 17.2 Å². The fourth-order valence-electron chi connectivity index (χ4n) is 3.47. The van der Waals surface area contributed by atoms with Crippen LogP contribution >= 0.6 is 21.6 Å². The summed E-state index contributed by atoms with van der Waals surface area (Å²) in [6.07, 6.45) is -0.500. The molecule has 0 spiro atoms. The van der Waals surface area contributed by atoms with E-state index in [2.05, 4.69) is 31.6 Å². The van der Waals surface area contributed by atoms with E-state index in [9.17, 15) is 38.7 Å². The molecule has 12 N–H and O–H groups in total. The van der Waals surface area contributed by atoms with E-state index in [1.807, 2.05) is 0 Å². The van der Waals surface area contributed by atoms with Crippen molar-refractivity contribution in [2.45, 2.75) is 68.9 Å². The molecule has 1 rings (SSSR count). The van der Waals surface area contributed by atoms with Crippen LogP contribution in [0.1, 0.15) is 40.0 Å². The second-order valence-electron chi connectivity index (χ2n) is 9.51. The maximum atomic E-state index is 13.4. The van der Waals surface area contributed by atoms with Crippen LogP contribution < -0.4 is 43.8 Å². The van der Waals surface area contributed by atoms with Gasteiger partial charge in [-0.2, -0.15) is 0 Å². The highest BCUT2D eigenvalue weighted by Gasteiger charge is 2.39. The Hall–Kier alpha value is -3.74. The molecule has 41 heavy (non-hydrogen) atoms. The van der Waals surface area contributed by atoms with Gasteiger partial charge in [-0.25, -0.2) is 0 Å². The molecule has 230 valence electrons. The molecule has 1 aliphatic heterocycles. The van der Waals surface area contributed by atoms with Crippen molar-refractivity contribution in [3.63, 3.8) is 0 Å². The van der Waals surface area contributed by atoms with Crippen molar-refractivity contribution in [2.24, 2.45) is 22.2 Å². The summed E-state index contributed by atoms with van der Waals surface area (Å²) in [4.78, 5) is 90.8. The first-order chi connectivity index (χ1) is 19.0. The normalized spacial score (nSPS) is 24.4. The summed E-state index contributed by atoms with van der Waals surface area (Å²) in [5.41, 5.74) is 16.1. The van der Waals surface area contributed by atoms with Gasteiger partial charge in [0.1, 0.15) is 24.2 Å². The van der Waals surface area contributed by atoms with Crippen LogP contribution in [0.25, 0.3) is 0 Å². The monoisotopic (exact) mass is 619 g/mol. The van der Waals surface area contributed by atoms with E-state index >= 15 is 0 Å². The fraction of sp³-hybridized carbons (Fsp3) is 0.636. The van der Waals surface area contributed by atoms with Crippen molar-refractivity contribution in [2.75, 3.05) is 18.8 Å². The lowest BCUT2D eigenvalue weighted by Crippen LogP contribution is -2.59. The zero-order valence-electron chi connectivity index (χ0n) is 22.9. The minimum Gasteiger partial charge on any atom is -0.481 e. The topological polar surface area (TPSA) is 290 Å². The summed E-state index contributed by atoms with van der Waals surface area (Å²) < 4.78 is -1.02. The maximum absolute atomic E-state index is 13.4. The second-order valence-corrected chi connectivity index (χ2v) is 12.5. The third kappa shape index (κ3) is 13.0. The van der Waals surface area contributed by atoms with E-state index < -0.39 is 83.3 Å². The minimum absolute atomic E-state index is 0.0510. The number of carboxylic acid groups (broad SMARTS) is 1. The first-order valence-corrected chi connectivity index (χ1v) is 14.7. The molecule has 1 heterocycles. The van der Waals surface area contributed by atoms with E-state index in [1.165, 1.54) is 6.92 Å². The molecule has 0 unspecified atom stereocenters. The third-order valence-electron chi connectivity index (χ3n) is 5.51. The van der Waals surface area contributed by atoms with Gasteiger partial charge in [0.15, 0.2) is 5.96 Å². The molecule has 0 aromatic rings. The lowest BCUT2D eigenvalue weighted by Gasteiger charge is -2.34. The number of aliphatic imine (C=N–C) groups is 1. The highest BCUT2D eigenvalue weighted by molar-refractivity contribution is 8.77. The van der Waals surface area contributed by atoms with Gasteiger partial charge in [0, 0.05) is 24.0 Å². The van der Waals surface area contributed by atoms with E-state index in [-0.39, 0.29) is 31.1 Å². The number of aliphatic carboxylic acids is 1. The second kappa shape index (κ2) is 16.5. The molecule has 0 aromatic carbocycles. The standard InChI is InChI=1S/C22H37N9O8S2/c1-10(32)28-16-20(39)30-11(5-4-6-26-21(24)25)18(37)27-8-14(33)29-12(7-15(34)35)19(38)31-13(17(23)36)9-40-41-22(16,2)3/h11-13,16H,4-9H2,1-3H3,(H2,23,36)(H,27,37)(H,28,32)(H,29,33)(H,30,39)(H,31,38)(H,34,35)(H4,24,25,26)/t11-,12-,13-,16+/m0/s1. The van der Waals surface area contributed by atoms with Crippen molar-refractivity contribution in [1.29, 1.82) is 0 Å². The lowest BCUT2D eigenvalue weighted by molar-refractivity contribution is -0.141. The Bertz CT molecular complexity index is 1050. The maximum Gasteiger partial charge on any atom is 0.305 e. The Morgan fingerprint density at radius 3 is 2.24 bits per heavy atom. The van der Waals surface area contributed by atoms with Crippen LogP contribution in [0.3, 0.4) is 0 Å². The number of hydrogen-bond donors (Lipinski definition) is 9. The number of hydrogen-bond acceptors (Lipinski definition) is 10. The summed E-state index contributed by atoms with van der Waals surface area (Å²) >= 11 is 0. The number of primary amides is 1. The van der Waals surface area contributed by atoms with Crippen LogP contribution in [0.2, 0.25) is 0 Å². The van der Waals surface area contributed by atoms with Crippen molar-refractivity contribution in [3.8, 4) is 0 Å². The summed E-state index contributed by atoms with van der Waals surface area (Å²) in [6, 6.07) is -5.18. The summed E-state index contributed by atoms with van der Waals surface area (Å²) in [5, 5.41) is 21.2. The molecule has 1 saturated heterocycles. The smallest absolute Gasteiger partial charge is 0.305 e. The Kier molecular flexibility index (Phi) is 14.2. The predicted molar refractivity (Wildman–Crippen MR) is 152 cm³/mol. The van der Waals surface area contributed by atoms with Gasteiger partial charge in [0.2, 0.25) is 35.4 Å². The zero-order chi connectivity index (χ0) is 31.3. The molecule has 0 bridgehead atoms. The van der Waals surface area contributed by atoms with Crippen molar-refractivity contribution in [3.05, 3.63) is 0 Å². The average molecular weight is 620 g/mol. The molecular formula is C22H37N9O8S2. The SMILES string of the molecule is CC(=O)N[C@@H]1C(=O)N[C@@H](CCCN=C(N)N)C(=O)NCC(=O)N[C@@H](CC(=O)O)C(=O)N[C@H](C(N)=O)CSSC1(C)C. The first-order valence-electron chi connectivity index (χ1n) is 12.4. The highest BCUT2D eigenvalue weighted by Crippen LogP contribution is 2.38. The number of nitrogens with two attached hydrogens (primary N) is 3. The zero-order valence-corrected chi connectivity index (χ0v) is 24.5. The molecule has 1 fully saturated rings. The molecule has 17 nitrogen and oxygen atoms in total. The van der Waals surface area contributed by atoms with Gasteiger partial charge < -0.3 is 48.9 Å². The molecule has 0 saturated carbocycles. The average Bonchev–Trinajstić information content (AvgIpc) is 2.85. The first kappa shape index (κ1) is 35.3. The van der Waals surface area contributed by atoms with Crippen LogP contribution in [0.15, 0.2) is 4.99 Å². The molecule has 0 aromatic heterocycles. The number of rotatable bonds is 8.